The molecule has 2 aliphatic rings. The molecule has 15 nitrogen and oxygen atoms in total. The molecule has 2 aromatic carbocycles. The number of carbonyl (C=O) groups excluding carboxylic acids is 1. The molecule has 240 valence electrons. The Balaban J connectivity index is 1.84. The Labute approximate surface area is 264 Å². The van der Waals surface area contributed by atoms with Gasteiger partial charge in [0, 0.05) is 40.3 Å². The van der Waals surface area contributed by atoms with Crippen molar-refractivity contribution in [3.05, 3.63) is 68.8 Å². The number of nitrogens with one attached hydrogen (secondary N) is 2. The first-order chi connectivity index (χ1) is 21.0. The largest absolute Gasteiger partial charge is 0.481 e. The average Bonchev–Trinajstić information content (AvgIpc) is 2.93. The van der Waals surface area contributed by atoms with Gasteiger partial charge in [0.25, 0.3) is 26.1 Å². The molecule has 0 unspecified atom stereocenters. The summed E-state index contributed by atoms with van der Waals surface area (Å²) in [7, 11) is -7.56. The van der Waals surface area contributed by atoms with Gasteiger partial charge in [0.05, 0.1) is 23.4 Å². The Morgan fingerprint density at radius 3 is 2.24 bits per heavy atom. The molecule has 1 aliphatic carbocycles. The molecule has 45 heavy (non-hydrogen) atoms. The first-order valence-corrected chi connectivity index (χ1v) is 18.1. The Kier molecular flexibility index (Phi) is 10.00. The fraction of sp³-hybridized carbons (Fsp3) is 0.231. The summed E-state index contributed by atoms with van der Waals surface area (Å²) in [5, 5.41) is 29.6. The van der Waals surface area contributed by atoms with Crippen molar-refractivity contribution >= 4 is 76.6 Å². The van der Waals surface area contributed by atoms with Gasteiger partial charge in [-0.2, -0.15) is 16.8 Å². The summed E-state index contributed by atoms with van der Waals surface area (Å²) in [5.74, 6) is -3.51. The monoisotopic (exact) mass is 699 g/mol. The number of aliphatic carboxylic acids is 1. The van der Waals surface area contributed by atoms with Gasteiger partial charge in [0.2, 0.25) is 0 Å². The summed E-state index contributed by atoms with van der Waals surface area (Å²) in [4.78, 5) is 34.0. The molecule has 19 heteroatoms. The zero-order valence-corrected chi connectivity index (χ0v) is 26.2. The number of fused-ring (bicyclic) bond motifs is 2. The lowest BCUT2D eigenvalue weighted by molar-refractivity contribution is -0.136. The van der Waals surface area contributed by atoms with Gasteiger partial charge < -0.3 is 31.4 Å². The lowest BCUT2D eigenvalue weighted by Gasteiger charge is -2.32. The molecule has 0 atom stereocenters. The van der Waals surface area contributed by atoms with E-state index >= 15 is 0 Å². The van der Waals surface area contributed by atoms with E-state index in [1.165, 1.54) is 39.8 Å². The number of anilines is 1. The molecule has 0 spiro atoms. The Morgan fingerprint density at radius 2 is 1.62 bits per heavy atom. The SMILES string of the molecule is N=C1CCC2=C(c3ccc(C(=O)NCCSSCCC(=O)O)cc3C(=O)O)c3ccc(N)c(S(=O)(=O)O)c3OC2=C1S(=O)(=O)O. The van der Waals surface area contributed by atoms with Gasteiger partial charge in [-0.15, -0.1) is 0 Å². The highest BCUT2D eigenvalue weighted by Crippen LogP contribution is 2.50. The van der Waals surface area contributed by atoms with E-state index in [4.69, 9.17) is 21.0 Å². The second-order valence-corrected chi connectivity index (χ2v) is 14.9. The molecular formula is C26H25N3O12S4. The van der Waals surface area contributed by atoms with E-state index in [0.29, 0.717) is 11.5 Å². The molecule has 1 amide bonds. The number of hydrogen-bond donors (Lipinski definition) is 7. The summed E-state index contributed by atoms with van der Waals surface area (Å²) >= 11 is 0. The Hall–Kier alpha value is -3.88. The van der Waals surface area contributed by atoms with Crippen molar-refractivity contribution < 1.29 is 55.3 Å². The smallest absolute Gasteiger partial charge is 0.336 e. The number of nitrogen functional groups attached to an aromatic ring is 1. The maximum Gasteiger partial charge on any atom is 0.336 e. The van der Waals surface area contributed by atoms with Crippen LogP contribution in [0, 0.1) is 5.41 Å². The lowest BCUT2D eigenvalue weighted by atomic mass is 9.82. The minimum Gasteiger partial charge on any atom is -0.481 e. The molecule has 1 aliphatic heterocycles. The molecule has 0 aromatic heterocycles. The number of carboxylic acids is 2. The second-order valence-electron chi connectivity index (χ2n) is 9.51. The molecule has 4 rings (SSSR count). The summed E-state index contributed by atoms with van der Waals surface area (Å²) < 4.78 is 74.9. The lowest BCUT2D eigenvalue weighted by Crippen LogP contribution is -2.27. The predicted octanol–water partition coefficient (Wildman–Crippen LogP) is 2.91. The molecule has 0 radical (unpaired) electrons. The number of benzene rings is 2. The van der Waals surface area contributed by atoms with Crippen molar-refractivity contribution in [1.29, 1.82) is 5.41 Å². The normalized spacial score (nSPS) is 14.8. The summed E-state index contributed by atoms with van der Waals surface area (Å²) in [6, 6.07) is 6.04. The second kappa shape index (κ2) is 13.2. The highest BCUT2D eigenvalue weighted by atomic mass is 33.1. The molecular weight excluding hydrogens is 675 g/mol. The van der Waals surface area contributed by atoms with E-state index in [1.54, 1.807) is 0 Å². The number of carbonyl (C=O) groups is 3. The molecule has 2 aromatic rings. The number of carboxylic acid groups (broad SMARTS) is 2. The number of amides is 1. The van der Waals surface area contributed by atoms with Gasteiger partial charge in [-0.3, -0.25) is 18.7 Å². The van der Waals surface area contributed by atoms with Crippen LogP contribution in [-0.4, -0.2) is 77.8 Å². The maximum atomic E-state index is 12.8. The van der Waals surface area contributed by atoms with E-state index in [2.05, 4.69) is 5.32 Å². The van der Waals surface area contributed by atoms with E-state index < -0.39 is 76.4 Å². The third-order valence-corrected chi connectivity index (χ3v) is 10.8. The highest BCUT2D eigenvalue weighted by molar-refractivity contribution is 8.76. The quantitative estimate of drug-likeness (QED) is 0.0726. The van der Waals surface area contributed by atoms with Crippen LogP contribution in [0.5, 0.6) is 5.75 Å². The van der Waals surface area contributed by atoms with Gasteiger partial charge in [0.15, 0.2) is 21.3 Å². The van der Waals surface area contributed by atoms with Crippen LogP contribution in [0.2, 0.25) is 0 Å². The van der Waals surface area contributed by atoms with Crippen LogP contribution in [0.1, 0.15) is 51.1 Å². The van der Waals surface area contributed by atoms with Crippen LogP contribution in [0.3, 0.4) is 0 Å². The topological polar surface area (TPSA) is 272 Å². The fourth-order valence-corrected chi connectivity index (χ4v) is 8.17. The predicted molar refractivity (Wildman–Crippen MR) is 166 cm³/mol. The summed E-state index contributed by atoms with van der Waals surface area (Å²) in [6.45, 7) is 0.187. The zero-order chi connectivity index (χ0) is 33.3. The number of nitrogens with two attached hydrogens (primary N) is 1. The summed E-state index contributed by atoms with van der Waals surface area (Å²) in [5.41, 5.74) is 4.11. The third-order valence-electron chi connectivity index (χ3n) is 6.55. The van der Waals surface area contributed by atoms with Gasteiger partial charge in [0.1, 0.15) is 0 Å². The van der Waals surface area contributed by atoms with Crippen LogP contribution < -0.4 is 15.8 Å². The van der Waals surface area contributed by atoms with E-state index in [0.717, 1.165) is 12.1 Å². The number of aromatic carboxylic acids is 1. The van der Waals surface area contributed by atoms with Gasteiger partial charge in [-0.05, 0) is 42.7 Å². The molecule has 0 fully saturated rings. The number of allylic oxidation sites excluding steroid dienone is 2. The average molecular weight is 700 g/mol. The van der Waals surface area contributed by atoms with Crippen molar-refractivity contribution in [3.8, 4) is 5.75 Å². The molecule has 0 bridgehead atoms. The van der Waals surface area contributed by atoms with Crippen LogP contribution in [-0.2, 0) is 25.0 Å². The molecule has 8 N–H and O–H groups in total. The Morgan fingerprint density at radius 1 is 0.956 bits per heavy atom. The summed E-state index contributed by atoms with van der Waals surface area (Å²) in [6.07, 6.45) is -0.312. The van der Waals surface area contributed by atoms with Gasteiger partial charge in [-0.25, -0.2) is 4.79 Å². The van der Waals surface area contributed by atoms with Crippen LogP contribution in [0.4, 0.5) is 5.69 Å². The standard InChI is InChI=1S/C26H25N3O12S4/c27-17-5-3-14-20(15-4-6-18(28)24(45(38,39)40)22(15)41-21(14)23(17)44(35,36)37)13-2-1-12(11-16(13)26(33)34)25(32)29-8-10-43-42-9-7-19(30)31/h1-3,5,11,28H,4,6-10,27H2,(H,29,32)(H,30,31)(H,33,34)(H,35,36,37)(H,38,39,40). The van der Waals surface area contributed by atoms with Crippen LogP contribution in [0.25, 0.3) is 5.57 Å². The van der Waals surface area contributed by atoms with Crippen molar-refractivity contribution in [2.75, 3.05) is 23.8 Å². The minimum absolute atomic E-state index is 0.00939. The van der Waals surface area contributed by atoms with E-state index in [1.807, 2.05) is 0 Å². The first kappa shape index (κ1) is 34.0. The van der Waals surface area contributed by atoms with Gasteiger partial charge >= 0.3 is 11.9 Å². The van der Waals surface area contributed by atoms with Crippen LogP contribution in [0.15, 0.2) is 51.5 Å². The third kappa shape index (κ3) is 7.34. The first-order valence-electron chi connectivity index (χ1n) is 12.8. The van der Waals surface area contributed by atoms with Crippen molar-refractivity contribution in [2.45, 2.75) is 24.2 Å². The Bertz CT molecular complexity index is 1920. The number of rotatable bonds is 12. The fourth-order valence-electron chi connectivity index (χ4n) is 4.72. The number of hydrogen-bond acceptors (Lipinski definition) is 12. The molecule has 0 saturated heterocycles. The van der Waals surface area contributed by atoms with E-state index in [9.17, 15) is 45.4 Å². The highest BCUT2D eigenvalue weighted by Gasteiger charge is 2.40. The number of ether oxygens (including phenoxy) is 1. The van der Waals surface area contributed by atoms with Crippen molar-refractivity contribution in [1.82, 2.24) is 5.32 Å². The van der Waals surface area contributed by atoms with Crippen LogP contribution >= 0.6 is 21.6 Å². The maximum absolute atomic E-state index is 12.8. The molecule has 1 heterocycles. The van der Waals surface area contributed by atoms with Crippen molar-refractivity contribution in [2.24, 2.45) is 0 Å². The van der Waals surface area contributed by atoms with Gasteiger partial charge in [-0.1, -0.05) is 27.7 Å². The zero-order valence-electron chi connectivity index (χ0n) is 22.9. The van der Waals surface area contributed by atoms with E-state index in [-0.39, 0.29) is 53.6 Å². The molecule has 0 saturated carbocycles. The van der Waals surface area contributed by atoms with Crippen molar-refractivity contribution in [3.63, 3.8) is 0 Å². The minimum atomic E-state index is -5.12.